The minimum absolute atomic E-state index is 0.0685. The van der Waals surface area contributed by atoms with Crippen molar-refractivity contribution in [3.05, 3.63) is 52.6 Å². The van der Waals surface area contributed by atoms with Crippen LogP contribution in [0.2, 0.25) is 0 Å². The molecule has 1 aliphatic heterocycles. The van der Waals surface area contributed by atoms with Gasteiger partial charge in [-0.25, -0.2) is 14.1 Å². The van der Waals surface area contributed by atoms with Gasteiger partial charge in [0.1, 0.15) is 23.2 Å². The van der Waals surface area contributed by atoms with Crippen LogP contribution in [0.4, 0.5) is 16.0 Å². The lowest BCUT2D eigenvalue weighted by Crippen LogP contribution is -2.41. The Kier molecular flexibility index (Phi) is 5.42. The van der Waals surface area contributed by atoms with E-state index in [1.54, 1.807) is 11.0 Å². The first-order chi connectivity index (χ1) is 18.1. The summed E-state index contributed by atoms with van der Waals surface area (Å²) in [7, 11) is 0. The maximum Gasteiger partial charge on any atom is 0.276 e. The van der Waals surface area contributed by atoms with Crippen molar-refractivity contribution in [3.63, 3.8) is 0 Å². The van der Waals surface area contributed by atoms with E-state index in [-0.39, 0.29) is 34.9 Å². The molecular weight excluding hydrogens is 493 g/mol. The number of nitrogens with zero attached hydrogens (tertiary/aromatic N) is 5. The van der Waals surface area contributed by atoms with Crippen LogP contribution < -0.4 is 16.0 Å². The third-order valence-corrected chi connectivity index (χ3v) is 7.56. The number of amides is 3. The van der Waals surface area contributed by atoms with E-state index in [1.807, 2.05) is 6.07 Å². The van der Waals surface area contributed by atoms with Gasteiger partial charge >= 0.3 is 0 Å². The van der Waals surface area contributed by atoms with Gasteiger partial charge in [0.2, 0.25) is 5.91 Å². The number of anilines is 2. The number of carbonyl (C=O) groups is 3. The molecule has 2 aliphatic carbocycles. The Morgan fingerprint density at radius 2 is 2.05 bits per heavy atom. The van der Waals surface area contributed by atoms with Crippen LogP contribution >= 0.6 is 0 Å². The maximum atomic E-state index is 13.6. The van der Waals surface area contributed by atoms with E-state index in [4.69, 9.17) is 5.73 Å². The van der Waals surface area contributed by atoms with Gasteiger partial charge in [0, 0.05) is 36.7 Å². The van der Waals surface area contributed by atoms with E-state index >= 15 is 0 Å². The van der Waals surface area contributed by atoms with Gasteiger partial charge < -0.3 is 20.7 Å². The standard InChI is InChI=1S/C26H28FN7O4/c1-26(2)9-13-7-19-25(38)33(6-5-32(19)20(13)10-26)23-16(12-35)18(3-4-29-23)34-11-15(21(28)36)22(31-34)30-24(37)14-8-17(14)27/h3-4,7,11,14,17,35H,5-6,8-10,12H2,1-2H3,(H2,28,36)(H,30,31,37). The van der Waals surface area contributed by atoms with E-state index in [1.165, 1.54) is 28.3 Å². The van der Waals surface area contributed by atoms with Crippen LogP contribution in [-0.2, 0) is 30.8 Å². The molecule has 198 valence electrons. The first kappa shape index (κ1) is 24.3. The Labute approximate surface area is 217 Å². The molecule has 0 aromatic carbocycles. The highest BCUT2D eigenvalue weighted by molar-refractivity contribution is 6.06. The van der Waals surface area contributed by atoms with Crippen molar-refractivity contribution in [2.24, 2.45) is 17.1 Å². The van der Waals surface area contributed by atoms with Crippen molar-refractivity contribution in [2.45, 2.75) is 52.4 Å². The van der Waals surface area contributed by atoms with Gasteiger partial charge in [0.25, 0.3) is 11.8 Å². The molecule has 12 heteroatoms. The van der Waals surface area contributed by atoms with Crippen LogP contribution in [0.3, 0.4) is 0 Å². The van der Waals surface area contributed by atoms with Gasteiger partial charge in [0.05, 0.1) is 18.2 Å². The third-order valence-electron chi connectivity index (χ3n) is 7.56. The first-order valence-corrected chi connectivity index (χ1v) is 12.5. The average molecular weight is 522 g/mol. The molecule has 1 fully saturated rings. The summed E-state index contributed by atoms with van der Waals surface area (Å²) in [5, 5.41) is 17.1. The number of rotatable bonds is 6. The molecule has 3 aliphatic rings. The second-order valence-electron chi connectivity index (χ2n) is 11.0. The quantitative estimate of drug-likeness (QED) is 0.450. The number of aliphatic hydroxyl groups is 1. The Morgan fingerprint density at radius 1 is 1.29 bits per heavy atom. The first-order valence-electron chi connectivity index (χ1n) is 12.5. The summed E-state index contributed by atoms with van der Waals surface area (Å²) in [6.45, 7) is 4.95. The molecule has 3 aromatic rings. The van der Waals surface area contributed by atoms with Crippen molar-refractivity contribution in [2.75, 3.05) is 16.8 Å². The minimum Gasteiger partial charge on any atom is -0.391 e. The number of fused-ring (bicyclic) bond motifs is 3. The van der Waals surface area contributed by atoms with Gasteiger partial charge in [-0.15, -0.1) is 5.10 Å². The number of primary amides is 1. The summed E-state index contributed by atoms with van der Waals surface area (Å²) in [5.74, 6) is -2.23. The number of pyridine rings is 1. The monoisotopic (exact) mass is 521 g/mol. The lowest BCUT2D eigenvalue weighted by molar-refractivity contribution is -0.117. The fourth-order valence-electron chi connectivity index (χ4n) is 5.60. The minimum atomic E-state index is -1.21. The number of halogens is 1. The fraction of sp³-hybridized carbons (Fsp3) is 0.423. The summed E-state index contributed by atoms with van der Waals surface area (Å²) < 4.78 is 16.7. The summed E-state index contributed by atoms with van der Waals surface area (Å²) >= 11 is 0. The van der Waals surface area contributed by atoms with Crippen molar-refractivity contribution in [3.8, 4) is 5.69 Å². The Morgan fingerprint density at radius 3 is 2.74 bits per heavy atom. The number of hydrogen-bond acceptors (Lipinski definition) is 6. The van der Waals surface area contributed by atoms with Crippen molar-refractivity contribution in [1.82, 2.24) is 19.3 Å². The number of nitrogens with two attached hydrogens (primary N) is 1. The molecule has 0 spiro atoms. The van der Waals surface area contributed by atoms with E-state index in [0.29, 0.717) is 30.0 Å². The molecule has 4 heterocycles. The molecule has 0 saturated heterocycles. The van der Waals surface area contributed by atoms with E-state index in [0.717, 1.165) is 12.8 Å². The SMILES string of the molecule is CC1(C)Cc2cc3n(c2C1)CCN(c1nccc(-n2cc(C(N)=O)c(NC(=O)C4CC4F)n2)c1CO)C3=O. The van der Waals surface area contributed by atoms with Crippen LogP contribution in [0.1, 0.15) is 57.9 Å². The van der Waals surface area contributed by atoms with Crippen LogP contribution in [0.15, 0.2) is 24.5 Å². The lowest BCUT2D eigenvalue weighted by Gasteiger charge is -2.30. The van der Waals surface area contributed by atoms with E-state index in [9.17, 15) is 23.9 Å². The predicted molar refractivity (Wildman–Crippen MR) is 135 cm³/mol. The van der Waals surface area contributed by atoms with E-state index in [2.05, 4.69) is 33.8 Å². The zero-order chi connectivity index (χ0) is 26.9. The van der Waals surface area contributed by atoms with Gasteiger partial charge in [-0.1, -0.05) is 13.8 Å². The average Bonchev–Trinajstić information content (AvgIpc) is 3.17. The molecule has 4 N–H and O–H groups in total. The third kappa shape index (κ3) is 3.87. The molecule has 11 nitrogen and oxygen atoms in total. The number of carbonyl (C=O) groups excluding carboxylic acids is 3. The smallest absolute Gasteiger partial charge is 0.276 e. The van der Waals surface area contributed by atoms with E-state index < -0.39 is 30.5 Å². The number of hydrogen-bond donors (Lipinski definition) is 3. The van der Waals surface area contributed by atoms with Crippen molar-refractivity contribution < 1.29 is 23.9 Å². The van der Waals surface area contributed by atoms with Crippen molar-refractivity contribution >= 4 is 29.4 Å². The molecule has 38 heavy (non-hydrogen) atoms. The second-order valence-corrected chi connectivity index (χ2v) is 11.0. The number of aliphatic hydroxyl groups excluding tert-OH is 1. The summed E-state index contributed by atoms with van der Waals surface area (Å²) in [5.41, 5.74) is 9.27. The topological polar surface area (TPSA) is 148 Å². The largest absolute Gasteiger partial charge is 0.391 e. The Bertz CT molecular complexity index is 1510. The zero-order valence-electron chi connectivity index (χ0n) is 21.1. The fourth-order valence-corrected chi connectivity index (χ4v) is 5.60. The number of aromatic nitrogens is 4. The van der Waals surface area contributed by atoms with Gasteiger partial charge in [-0.05, 0) is 42.4 Å². The van der Waals surface area contributed by atoms with Gasteiger partial charge in [-0.2, -0.15) is 0 Å². The van der Waals surface area contributed by atoms with Crippen molar-refractivity contribution in [1.29, 1.82) is 0 Å². The van der Waals surface area contributed by atoms with Crippen LogP contribution in [0.5, 0.6) is 0 Å². The predicted octanol–water partition coefficient (Wildman–Crippen LogP) is 1.74. The summed E-state index contributed by atoms with van der Waals surface area (Å²) in [6, 6.07) is 3.54. The van der Waals surface area contributed by atoms with Gasteiger partial charge in [-0.3, -0.25) is 19.3 Å². The highest BCUT2D eigenvalue weighted by Crippen LogP contribution is 2.40. The maximum absolute atomic E-state index is 13.6. The molecule has 6 rings (SSSR count). The Balaban J connectivity index is 1.34. The molecule has 3 amide bonds. The second kappa shape index (κ2) is 8.48. The zero-order valence-corrected chi connectivity index (χ0v) is 21.1. The highest BCUT2D eigenvalue weighted by Gasteiger charge is 2.44. The molecule has 2 atom stereocenters. The number of alkyl halides is 1. The summed E-state index contributed by atoms with van der Waals surface area (Å²) in [4.78, 5) is 43.9. The normalized spacial score (nSPS) is 21.3. The molecule has 0 bridgehead atoms. The Hall–Kier alpha value is -4.06. The molecule has 3 aromatic heterocycles. The summed E-state index contributed by atoms with van der Waals surface area (Å²) in [6.07, 6.45) is 3.54. The van der Waals surface area contributed by atoms with Gasteiger partial charge in [0.15, 0.2) is 5.82 Å². The van der Waals surface area contributed by atoms with Crippen LogP contribution in [0.25, 0.3) is 5.69 Å². The van der Waals surface area contributed by atoms with Crippen LogP contribution in [0, 0.1) is 11.3 Å². The number of nitrogens with one attached hydrogen (secondary N) is 1. The van der Waals surface area contributed by atoms with Crippen LogP contribution in [-0.4, -0.2) is 54.9 Å². The highest BCUT2D eigenvalue weighted by atomic mass is 19.1. The molecule has 1 saturated carbocycles. The molecule has 0 radical (unpaired) electrons. The molecular formula is C26H28FN7O4. The molecule has 2 unspecified atom stereocenters. The lowest BCUT2D eigenvalue weighted by atomic mass is 9.90.